The number of hydrogen-bond donors (Lipinski definition) is 2. The molecule has 2 aromatic heterocycles. The lowest BCUT2D eigenvalue weighted by Crippen LogP contribution is -2.50. The molecule has 0 fully saturated rings. The first kappa shape index (κ1) is 25.7. The van der Waals surface area contributed by atoms with E-state index in [0.29, 0.717) is 0 Å². The van der Waals surface area contributed by atoms with E-state index in [1.165, 1.54) is 75.1 Å². The molecule has 2 N–H and O–H groups in total. The Balaban J connectivity index is 1.91. The third-order valence-electron chi connectivity index (χ3n) is 6.08. The molecule has 2 heterocycles. The monoisotopic (exact) mass is 724 g/mol. The van der Waals surface area contributed by atoms with Crippen molar-refractivity contribution in [3.63, 3.8) is 0 Å². The van der Waals surface area contributed by atoms with E-state index in [0.717, 1.165) is 0 Å². The van der Waals surface area contributed by atoms with Gasteiger partial charge in [0.05, 0.1) is 11.1 Å². The summed E-state index contributed by atoms with van der Waals surface area (Å²) in [6.07, 6.45) is 13.5. The number of aromatic nitrogens is 4. The highest BCUT2D eigenvalue weighted by Gasteiger charge is 2.57. The van der Waals surface area contributed by atoms with Crippen molar-refractivity contribution in [3.8, 4) is 0 Å². The van der Waals surface area contributed by atoms with E-state index in [1.807, 2.05) is 0 Å². The Kier molecular flexibility index (Phi) is 6.11. The molecule has 2 aliphatic carbocycles. The molecule has 0 bridgehead atoms. The van der Waals surface area contributed by atoms with Crippen LogP contribution >= 0.6 is 45.2 Å². The zero-order valence-corrected chi connectivity index (χ0v) is 23.3. The van der Waals surface area contributed by atoms with Gasteiger partial charge in [-0.2, -0.15) is 0 Å². The fourth-order valence-corrected chi connectivity index (χ4v) is 7.19. The van der Waals surface area contributed by atoms with Crippen molar-refractivity contribution < 1.29 is 18.3 Å². The van der Waals surface area contributed by atoms with E-state index < -0.39 is 36.3 Å². The van der Waals surface area contributed by atoms with Gasteiger partial charge < -0.3 is 9.97 Å². The van der Waals surface area contributed by atoms with Crippen LogP contribution in [0.1, 0.15) is 25.5 Å². The Hall–Kier alpha value is -2.41. The van der Waals surface area contributed by atoms with E-state index in [-0.39, 0.29) is 22.8 Å². The number of nitrogens with zero attached hydrogens (tertiary/aromatic N) is 4. The van der Waals surface area contributed by atoms with Crippen molar-refractivity contribution >= 4 is 66.2 Å². The summed E-state index contributed by atoms with van der Waals surface area (Å²) in [6.45, 7) is 2.85. The van der Waals surface area contributed by atoms with Gasteiger partial charge in [0, 0.05) is 92.0 Å². The quantitative estimate of drug-likeness (QED) is 0.114. The first-order valence-electron chi connectivity index (χ1n) is 9.98. The highest BCUT2D eigenvalue weighted by atomic mass is 127. The highest BCUT2D eigenvalue weighted by molar-refractivity contribution is 14.1. The number of aromatic amines is 2. The number of rotatable bonds is 6. The lowest BCUT2D eigenvalue weighted by atomic mass is 9.92. The molecule has 35 heavy (non-hydrogen) atoms. The molecule has 15 heteroatoms. The minimum absolute atomic E-state index is 0.0776. The van der Waals surface area contributed by atoms with Crippen LogP contribution in [0.4, 0.5) is 0 Å². The first-order chi connectivity index (χ1) is 16.2. The van der Waals surface area contributed by atoms with Crippen molar-refractivity contribution in [1.82, 2.24) is 19.9 Å². The molecule has 0 aromatic carbocycles. The van der Waals surface area contributed by atoms with Crippen molar-refractivity contribution in [2.75, 3.05) is 0 Å². The molecule has 184 valence electrons. The summed E-state index contributed by atoms with van der Waals surface area (Å²) >= 11 is 3.29. The van der Waals surface area contributed by atoms with Crippen LogP contribution in [0.5, 0.6) is 0 Å². The normalized spacial score (nSPS) is 32.7. The largest absolute Gasteiger partial charge is 0.345 e. The number of hydrogen-bond acceptors (Lipinski definition) is 8. The Morgan fingerprint density at radius 1 is 0.800 bits per heavy atom. The summed E-state index contributed by atoms with van der Waals surface area (Å²) in [7, 11) is -4.25. The minimum Gasteiger partial charge on any atom is -0.345 e. The second-order valence-corrected chi connectivity index (χ2v) is 14.4. The van der Waals surface area contributed by atoms with Gasteiger partial charge in [0.15, 0.2) is 9.84 Å². The second-order valence-electron chi connectivity index (χ2n) is 8.39. The molecular formula is C20H18I2N6O6S. The molecular weight excluding hydrogens is 706 g/mol. The maximum absolute atomic E-state index is 14.2. The van der Waals surface area contributed by atoms with E-state index in [9.17, 15) is 28.6 Å². The Morgan fingerprint density at radius 3 is 1.46 bits per heavy atom. The van der Waals surface area contributed by atoms with Crippen molar-refractivity contribution in [1.29, 1.82) is 0 Å². The summed E-state index contributed by atoms with van der Waals surface area (Å²) in [5, 5.41) is 23.9. The van der Waals surface area contributed by atoms with Gasteiger partial charge in [0.2, 0.25) is 0 Å². The number of halogens is 2. The second kappa shape index (κ2) is 8.32. The SMILES string of the molecule is CC1(S(=O)(=O)C2(C)C=CC(I)([N+](=O)[O-])C(c3ncc[nH]3)=C2)C=CC(I)([N+](=O)[O-])C(c2ncc[nH]2)=C1. The topological polar surface area (TPSA) is 178 Å². The molecule has 0 aliphatic heterocycles. The lowest BCUT2D eigenvalue weighted by Gasteiger charge is -2.38. The molecule has 12 nitrogen and oxygen atoms in total. The van der Waals surface area contributed by atoms with Gasteiger partial charge in [-0.05, 0) is 26.0 Å². The number of H-pyrrole nitrogens is 2. The lowest BCUT2D eigenvalue weighted by molar-refractivity contribution is -0.501. The molecule has 4 rings (SSSR count). The maximum atomic E-state index is 14.2. The van der Waals surface area contributed by atoms with Crippen LogP contribution in [0.3, 0.4) is 0 Å². The number of sulfone groups is 1. The van der Waals surface area contributed by atoms with Crippen LogP contribution in [0.25, 0.3) is 11.1 Å². The number of imidazole rings is 2. The van der Waals surface area contributed by atoms with Crippen molar-refractivity contribution in [2.24, 2.45) is 0 Å². The summed E-state index contributed by atoms with van der Waals surface area (Å²) in [5.74, 6) is 0.329. The van der Waals surface area contributed by atoms with Crippen molar-refractivity contribution in [2.45, 2.75) is 30.4 Å². The average Bonchev–Trinajstić information content (AvgIpc) is 3.51. The zero-order chi connectivity index (χ0) is 25.9. The van der Waals surface area contributed by atoms with Gasteiger partial charge in [-0.25, -0.2) is 18.4 Å². The van der Waals surface area contributed by atoms with Crippen LogP contribution in [0, 0.1) is 20.2 Å². The summed E-state index contributed by atoms with van der Waals surface area (Å²) in [6, 6.07) is 0. The average molecular weight is 724 g/mol. The molecule has 4 atom stereocenters. The molecule has 0 radical (unpaired) electrons. The number of nitrogens with one attached hydrogen (secondary N) is 2. The maximum Gasteiger partial charge on any atom is 0.315 e. The van der Waals surface area contributed by atoms with Gasteiger partial charge in [-0.1, -0.05) is 12.2 Å². The van der Waals surface area contributed by atoms with Gasteiger partial charge in [-0.15, -0.1) is 0 Å². The smallest absolute Gasteiger partial charge is 0.315 e. The Labute approximate surface area is 226 Å². The molecule has 0 spiro atoms. The van der Waals surface area contributed by atoms with Crippen LogP contribution in [-0.4, -0.2) is 54.8 Å². The van der Waals surface area contributed by atoms with Crippen LogP contribution in [0.2, 0.25) is 0 Å². The van der Waals surface area contributed by atoms with Crippen LogP contribution in [0.15, 0.2) is 61.2 Å². The van der Waals surface area contributed by atoms with E-state index in [1.54, 1.807) is 45.2 Å². The zero-order valence-electron chi connectivity index (χ0n) is 18.2. The Morgan fingerprint density at radius 2 is 1.17 bits per heavy atom. The third kappa shape index (κ3) is 3.78. The summed E-state index contributed by atoms with van der Waals surface area (Å²) in [4.78, 5) is 36.7. The highest BCUT2D eigenvalue weighted by Crippen LogP contribution is 2.49. The first-order valence-corrected chi connectivity index (χ1v) is 13.6. The predicted octanol–water partition coefficient (Wildman–Crippen LogP) is 3.49. The van der Waals surface area contributed by atoms with Gasteiger partial charge in [0.1, 0.15) is 21.1 Å². The minimum atomic E-state index is -4.25. The van der Waals surface area contributed by atoms with E-state index in [2.05, 4.69) is 19.9 Å². The summed E-state index contributed by atoms with van der Waals surface area (Å²) in [5.41, 5.74) is 0.155. The van der Waals surface area contributed by atoms with Crippen LogP contribution < -0.4 is 0 Å². The standard InChI is InChI=1S/C20H18I2N6O6S/c1-17(3-5-19(21,27(29)30)13(11-17)15-23-7-8-24-15)35(33,34)18(2)4-6-20(22,28(31)32)14(12-18)16-25-9-10-26-16/h3-12H,1-2H3,(H,23,24)(H,25,26). The van der Waals surface area contributed by atoms with Gasteiger partial charge >= 0.3 is 7.09 Å². The molecule has 0 saturated carbocycles. The molecule has 2 aromatic rings. The van der Waals surface area contributed by atoms with Crippen molar-refractivity contribution in [3.05, 3.63) is 93.1 Å². The third-order valence-corrected chi connectivity index (χ3v) is 11.6. The van der Waals surface area contributed by atoms with Gasteiger partial charge in [-0.3, -0.25) is 20.2 Å². The predicted molar refractivity (Wildman–Crippen MR) is 145 cm³/mol. The van der Waals surface area contributed by atoms with Gasteiger partial charge in [0.25, 0.3) is 0 Å². The molecule has 0 amide bonds. The van der Waals surface area contributed by atoms with E-state index >= 15 is 0 Å². The van der Waals surface area contributed by atoms with Crippen LogP contribution in [-0.2, 0) is 9.84 Å². The number of nitro groups is 2. The summed E-state index contributed by atoms with van der Waals surface area (Å²) < 4.78 is 21.5. The fraction of sp³-hybridized carbons (Fsp3) is 0.300. The molecule has 0 saturated heterocycles. The number of alkyl halides is 2. The molecule has 4 unspecified atom stereocenters. The van der Waals surface area contributed by atoms with E-state index in [4.69, 9.17) is 0 Å². The molecule has 2 aliphatic rings. The fourth-order valence-electron chi connectivity index (χ4n) is 4.02. The Bertz CT molecular complexity index is 1330.